The summed E-state index contributed by atoms with van der Waals surface area (Å²) in [6.45, 7) is 1.18. The first kappa shape index (κ1) is 11.4. The molecule has 0 radical (unpaired) electrons. The van der Waals surface area contributed by atoms with E-state index >= 15 is 0 Å². The van der Waals surface area contributed by atoms with E-state index in [-0.39, 0.29) is 0 Å². The summed E-state index contributed by atoms with van der Waals surface area (Å²) in [5.41, 5.74) is 2.16. The van der Waals surface area contributed by atoms with E-state index in [0.29, 0.717) is 18.7 Å². The molecule has 0 unspecified atom stereocenters. The van der Waals surface area contributed by atoms with Gasteiger partial charge in [-0.25, -0.2) is 4.79 Å². The first-order valence-electron chi connectivity index (χ1n) is 5.30. The van der Waals surface area contributed by atoms with Crippen LogP contribution in [0.5, 0.6) is 0 Å². The van der Waals surface area contributed by atoms with Gasteiger partial charge in [-0.2, -0.15) is 0 Å². The molecule has 0 aliphatic heterocycles. The summed E-state index contributed by atoms with van der Waals surface area (Å²) in [7, 11) is 0. The molecule has 0 saturated carbocycles. The molecule has 0 fully saturated rings. The molecular formula is C13H13NO3. The van der Waals surface area contributed by atoms with Crippen LogP contribution in [-0.4, -0.2) is 11.1 Å². The van der Waals surface area contributed by atoms with Crippen molar-refractivity contribution < 1.29 is 14.3 Å². The highest BCUT2D eigenvalue weighted by molar-refractivity contribution is 5.89. The molecule has 2 aromatic rings. The lowest BCUT2D eigenvalue weighted by atomic mass is 10.1. The number of furan rings is 1. The molecule has 17 heavy (non-hydrogen) atoms. The van der Waals surface area contributed by atoms with Gasteiger partial charge in [0.25, 0.3) is 0 Å². The Labute approximate surface area is 98.9 Å². The predicted octanol–water partition coefficient (Wildman–Crippen LogP) is 2.27. The van der Waals surface area contributed by atoms with Crippen molar-refractivity contribution in [2.75, 3.05) is 0 Å². The number of rotatable bonds is 5. The number of carbonyl (C=O) groups is 1. The molecule has 1 aromatic carbocycles. The Bertz CT molecular complexity index is 491. The smallest absolute Gasteiger partial charge is 0.336 e. The topological polar surface area (TPSA) is 62.5 Å². The molecule has 1 aromatic heterocycles. The van der Waals surface area contributed by atoms with Crippen LogP contribution in [0.1, 0.15) is 21.5 Å². The van der Waals surface area contributed by atoms with Gasteiger partial charge < -0.3 is 14.8 Å². The Morgan fingerprint density at radius 3 is 2.76 bits per heavy atom. The lowest BCUT2D eigenvalue weighted by molar-refractivity contribution is 0.0695. The van der Waals surface area contributed by atoms with Crippen LogP contribution in [0.4, 0.5) is 0 Å². The molecule has 0 atom stereocenters. The minimum atomic E-state index is -0.897. The van der Waals surface area contributed by atoms with E-state index < -0.39 is 5.97 Å². The van der Waals surface area contributed by atoms with Gasteiger partial charge in [-0.05, 0) is 17.7 Å². The molecule has 4 nitrogen and oxygen atoms in total. The standard InChI is InChI=1S/C13H13NO3/c15-13(16)12-4-2-1-3-11(12)8-14-7-10-5-6-17-9-10/h1-6,9,14H,7-8H2,(H,15,16). The van der Waals surface area contributed by atoms with Gasteiger partial charge in [0.1, 0.15) is 0 Å². The summed E-state index contributed by atoms with van der Waals surface area (Å²) in [5.74, 6) is -0.897. The van der Waals surface area contributed by atoms with Crippen LogP contribution in [0.15, 0.2) is 47.3 Å². The fourth-order valence-electron chi connectivity index (χ4n) is 1.62. The van der Waals surface area contributed by atoms with Crippen molar-refractivity contribution in [3.8, 4) is 0 Å². The molecule has 0 aliphatic rings. The summed E-state index contributed by atoms with van der Waals surface area (Å²) >= 11 is 0. The van der Waals surface area contributed by atoms with Gasteiger partial charge in [-0.15, -0.1) is 0 Å². The highest BCUT2D eigenvalue weighted by atomic mass is 16.4. The van der Waals surface area contributed by atoms with E-state index in [4.69, 9.17) is 9.52 Å². The second-order valence-corrected chi connectivity index (χ2v) is 3.70. The third kappa shape index (κ3) is 2.95. The summed E-state index contributed by atoms with van der Waals surface area (Å²) in [5, 5.41) is 12.2. The number of carboxylic acid groups (broad SMARTS) is 1. The Kier molecular flexibility index (Phi) is 3.57. The van der Waals surface area contributed by atoms with Crippen molar-refractivity contribution in [2.45, 2.75) is 13.1 Å². The van der Waals surface area contributed by atoms with Gasteiger partial charge in [-0.3, -0.25) is 0 Å². The number of hydrogen-bond acceptors (Lipinski definition) is 3. The molecule has 0 spiro atoms. The molecule has 2 rings (SSSR count). The van der Waals surface area contributed by atoms with Gasteiger partial charge in [0.2, 0.25) is 0 Å². The number of nitrogens with one attached hydrogen (secondary N) is 1. The van der Waals surface area contributed by atoms with E-state index in [1.807, 2.05) is 18.2 Å². The number of hydrogen-bond donors (Lipinski definition) is 2. The minimum Gasteiger partial charge on any atom is -0.478 e. The molecule has 2 N–H and O–H groups in total. The second-order valence-electron chi connectivity index (χ2n) is 3.70. The zero-order valence-corrected chi connectivity index (χ0v) is 9.22. The van der Waals surface area contributed by atoms with E-state index in [1.165, 1.54) is 0 Å². The SMILES string of the molecule is O=C(O)c1ccccc1CNCc1ccoc1. The maximum atomic E-state index is 11.0. The molecule has 1 heterocycles. The Hall–Kier alpha value is -2.07. The average molecular weight is 231 g/mol. The Morgan fingerprint density at radius 1 is 1.24 bits per heavy atom. The lowest BCUT2D eigenvalue weighted by Gasteiger charge is -2.06. The Morgan fingerprint density at radius 2 is 2.06 bits per heavy atom. The van der Waals surface area contributed by atoms with Crippen molar-refractivity contribution >= 4 is 5.97 Å². The van der Waals surface area contributed by atoms with Crippen LogP contribution >= 0.6 is 0 Å². The first-order chi connectivity index (χ1) is 8.27. The van der Waals surface area contributed by atoms with Crippen molar-refractivity contribution in [2.24, 2.45) is 0 Å². The van der Waals surface area contributed by atoms with E-state index in [2.05, 4.69) is 5.32 Å². The quantitative estimate of drug-likeness (QED) is 0.828. The largest absolute Gasteiger partial charge is 0.478 e. The van der Waals surface area contributed by atoms with Gasteiger partial charge >= 0.3 is 5.97 Å². The predicted molar refractivity (Wildman–Crippen MR) is 62.7 cm³/mol. The van der Waals surface area contributed by atoms with Crippen LogP contribution < -0.4 is 5.32 Å². The normalized spacial score (nSPS) is 10.4. The summed E-state index contributed by atoms with van der Waals surface area (Å²) in [6, 6.07) is 8.85. The Balaban J connectivity index is 1.97. The van der Waals surface area contributed by atoms with Gasteiger partial charge in [0.05, 0.1) is 18.1 Å². The highest BCUT2D eigenvalue weighted by Gasteiger charge is 2.07. The zero-order chi connectivity index (χ0) is 12.1. The van der Waals surface area contributed by atoms with Crippen LogP contribution in [0.2, 0.25) is 0 Å². The number of aromatic carboxylic acids is 1. The minimum absolute atomic E-state index is 0.340. The molecule has 0 saturated heterocycles. The van der Waals surface area contributed by atoms with Crippen LogP contribution in [0, 0.1) is 0 Å². The van der Waals surface area contributed by atoms with Crippen molar-refractivity contribution in [3.05, 3.63) is 59.5 Å². The fourth-order valence-corrected chi connectivity index (χ4v) is 1.62. The summed E-state index contributed by atoms with van der Waals surface area (Å²) in [4.78, 5) is 11.0. The molecule has 0 bridgehead atoms. The lowest BCUT2D eigenvalue weighted by Crippen LogP contribution is -2.15. The van der Waals surface area contributed by atoms with Crippen LogP contribution in [-0.2, 0) is 13.1 Å². The maximum absolute atomic E-state index is 11.0. The van der Waals surface area contributed by atoms with E-state index in [1.54, 1.807) is 24.7 Å². The van der Waals surface area contributed by atoms with Crippen LogP contribution in [0.3, 0.4) is 0 Å². The van der Waals surface area contributed by atoms with Gasteiger partial charge in [0.15, 0.2) is 0 Å². The molecule has 0 amide bonds. The zero-order valence-electron chi connectivity index (χ0n) is 9.22. The molecule has 88 valence electrons. The molecule has 4 heteroatoms. The summed E-state index contributed by atoms with van der Waals surface area (Å²) in [6.07, 6.45) is 3.28. The average Bonchev–Trinajstić information content (AvgIpc) is 2.82. The van der Waals surface area contributed by atoms with Crippen molar-refractivity contribution in [1.82, 2.24) is 5.32 Å². The second kappa shape index (κ2) is 5.32. The summed E-state index contributed by atoms with van der Waals surface area (Å²) < 4.78 is 4.95. The van der Waals surface area contributed by atoms with Crippen LogP contribution in [0.25, 0.3) is 0 Å². The van der Waals surface area contributed by atoms with E-state index in [9.17, 15) is 4.79 Å². The molecule has 0 aliphatic carbocycles. The van der Waals surface area contributed by atoms with Crippen molar-refractivity contribution in [3.63, 3.8) is 0 Å². The van der Waals surface area contributed by atoms with Gasteiger partial charge in [0, 0.05) is 18.7 Å². The van der Waals surface area contributed by atoms with Gasteiger partial charge in [-0.1, -0.05) is 18.2 Å². The first-order valence-corrected chi connectivity index (χ1v) is 5.30. The van der Waals surface area contributed by atoms with Crippen molar-refractivity contribution in [1.29, 1.82) is 0 Å². The number of benzene rings is 1. The third-order valence-corrected chi connectivity index (χ3v) is 2.47. The fraction of sp³-hybridized carbons (Fsp3) is 0.154. The molecular weight excluding hydrogens is 218 g/mol. The highest BCUT2D eigenvalue weighted by Crippen LogP contribution is 2.09. The maximum Gasteiger partial charge on any atom is 0.336 e. The third-order valence-electron chi connectivity index (χ3n) is 2.47. The van der Waals surface area contributed by atoms with E-state index in [0.717, 1.165) is 11.1 Å². The monoisotopic (exact) mass is 231 g/mol. The number of carboxylic acids is 1.